The van der Waals surface area contributed by atoms with Crippen molar-refractivity contribution in [2.75, 3.05) is 6.61 Å². The molecule has 0 amide bonds. The largest absolute Gasteiger partial charge is 0.466 e. The van der Waals surface area contributed by atoms with Crippen LogP contribution in [0.5, 0.6) is 0 Å². The SMILES string of the molecule is CCOC(=O)Cc1nc(Cc2ccccc2F)no1. The highest BCUT2D eigenvalue weighted by Crippen LogP contribution is 2.11. The Bertz CT molecular complexity index is 569. The fraction of sp³-hybridized carbons (Fsp3) is 0.308. The van der Waals surface area contributed by atoms with E-state index in [0.717, 1.165) is 0 Å². The number of halogens is 1. The molecule has 0 unspecified atom stereocenters. The van der Waals surface area contributed by atoms with Gasteiger partial charge in [0, 0.05) is 6.42 Å². The zero-order valence-electron chi connectivity index (χ0n) is 10.4. The number of aromatic nitrogens is 2. The quantitative estimate of drug-likeness (QED) is 0.772. The van der Waals surface area contributed by atoms with Gasteiger partial charge in [-0.3, -0.25) is 4.79 Å². The molecular weight excluding hydrogens is 251 g/mol. The molecule has 2 aromatic rings. The number of hydrogen-bond acceptors (Lipinski definition) is 5. The van der Waals surface area contributed by atoms with Crippen molar-refractivity contribution >= 4 is 5.97 Å². The molecule has 0 fully saturated rings. The third kappa shape index (κ3) is 3.61. The topological polar surface area (TPSA) is 65.2 Å². The molecule has 19 heavy (non-hydrogen) atoms. The summed E-state index contributed by atoms with van der Waals surface area (Å²) in [5.74, 6) is -0.239. The van der Waals surface area contributed by atoms with E-state index >= 15 is 0 Å². The minimum atomic E-state index is -0.427. The van der Waals surface area contributed by atoms with Gasteiger partial charge < -0.3 is 9.26 Å². The fourth-order valence-corrected chi connectivity index (χ4v) is 1.58. The molecule has 0 aliphatic carbocycles. The number of rotatable bonds is 5. The summed E-state index contributed by atoms with van der Waals surface area (Å²) in [4.78, 5) is 15.2. The second kappa shape index (κ2) is 6.08. The number of hydrogen-bond donors (Lipinski definition) is 0. The van der Waals surface area contributed by atoms with Crippen LogP contribution in [0.15, 0.2) is 28.8 Å². The van der Waals surface area contributed by atoms with Crippen LogP contribution in [-0.4, -0.2) is 22.7 Å². The summed E-state index contributed by atoms with van der Waals surface area (Å²) in [5, 5.41) is 3.71. The van der Waals surface area contributed by atoms with Crippen LogP contribution >= 0.6 is 0 Å². The number of nitrogens with zero attached hydrogens (tertiary/aromatic N) is 2. The van der Waals surface area contributed by atoms with E-state index in [2.05, 4.69) is 10.1 Å². The predicted octanol–water partition coefficient (Wildman–Crippen LogP) is 1.91. The van der Waals surface area contributed by atoms with Crippen molar-refractivity contribution in [3.05, 3.63) is 47.4 Å². The van der Waals surface area contributed by atoms with Gasteiger partial charge in [-0.25, -0.2) is 4.39 Å². The summed E-state index contributed by atoms with van der Waals surface area (Å²) in [6.45, 7) is 2.02. The molecule has 0 atom stereocenters. The van der Waals surface area contributed by atoms with Crippen LogP contribution in [0.1, 0.15) is 24.2 Å². The molecule has 1 heterocycles. The highest BCUT2D eigenvalue weighted by molar-refractivity contribution is 5.71. The van der Waals surface area contributed by atoms with Crippen molar-refractivity contribution in [3.63, 3.8) is 0 Å². The summed E-state index contributed by atoms with van der Waals surface area (Å²) in [7, 11) is 0. The second-order valence-electron chi connectivity index (χ2n) is 3.85. The van der Waals surface area contributed by atoms with Gasteiger partial charge in [-0.05, 0) is 18.6 Å². The van der Waals surface area contributed by atoms with E-state index in [0.29, 0.717) is 18.0 Å². The molecule has 100 valence electrons. The molecule has 0 saturated carbocycles. The monoisotopic (exact) mass is 264 g/mol. The number of carbonyl (C=O) groups is 1. The Labute approximate surface area is 109 Å². The van der Waals surface area contributed by atoms with E-state index in [1.807, 2.05) is 0 Å². The Hall–Kier alpha value is -2.24. The van der Waals surface area contributed by atoms with Crippen LogP contribution in [0.3, 0.4) is 0 Å². The van der Waals surface area contributed by atoms with Crippen LogP contribution < -0.4 is 0 Å². The zero-order valence-corrected chi connectivity index (χ0v) is 10.4. The first-order chi connectivity index (χ1) is 9.19. The van der Waals surface area contributed by atoms with Gasteiger partial charge in [0.15, 0.2) is 5.82 Å². The molecule has 0 bridgehead atoms. The third-order valence-electron chi connectivity index (χ3n) is 2.42. The van der Waals surface area contributed by atoms with Gasteiger partial charge in [-0.1, -0.05) is 23.4 Å². The van der Waals surface area contributed by atoms with E-state index in [4.69, 9.17) is 9.26 Å². The standard InChI is InChI=1S/C13H13FN2O3/c1-2-18-13(17)8-12-15-11(16-19-12)7-9-5-3-4-6-10(9)14/h3-6H,2,7-8H2,1H3. The maximum absolute atomic E-state index is 13.4. The van der Waals surface area contributed by atoms with E-state index in [1.54, 1.807) is 25.1 Å². The van der Waals surface area contributed by atoms with Gasteiger partial charge in [-0.15, -0.1) is 0 Å². The van der Waals surface area contributed by atoms with Gasteiger partial charge in [0.2, 0.25) is 5.89 Å². The highest BCUT2D eigenvalue weighted by Gasteiger charge is 2.13. The Kier molecular flexibility index (Phi) is 4.22. The van der Waals surface area contributed by atoms with Crippen LogP contribution in [-0.2, 0) is 22.4 Å². The molecule has 0 saturated heterocycles. The number of ether oxygens (including phenoxy) is 1. The highest BCUT2D eigenvalue weighted by atomic mass is 19.1. The van der Waals surface area contributed by atoms with Crippen molar-refractivity contribution in [2.24, 2.45) is 0 Å². The Morgan fingerprint density at radius 3 is 2.95 bits per heavy atom. The summed E-state index contributed by atoms with van der Waals surface area (Å²) in [5.41, 5.74) is 0.478. The molecule has 0 spiro atoms. The molecule has 0 N–H and O–H groups in total. The molecule has 0 aliphatic heterocycles. The first-order valence-electron chi connectivity index (χ1n) is 5.89. The average Bonchev–Trinajstić information content (AvgIpc) is 2.80. The predicted molar refractivity (Wildman–Crippen MR) is 63.8 cm³/mol. The lowest BCUT2D eigenvalue weighted by Crippen LogP contribution is -2.07. The first-order valence-corrected chi connectivity index (χ1v) is 5.89. The van der Waals surface area contributed by atoms with Gasteiger partial charge in [0.25, 0.3) is 0 Å². The van der Waals surface area contributed by atoms with Crippen LogP contribution in [0.2, 0.25) is 0 Å². The van der Waals surface area contributed by atoms with Gasteiger partial charge in [0.1, 0.15) is 12.2 Å². The van der Waals surface area contributed by atoms with Gasteiger partial charge in [0.05, 0.1) is 6.61 Å². The molecule has 6 heteroatoms. The first kappa shape index (κ1) is 13.2. The minimum absolute atomic E-state index is 0.0713. The summed E-state index contributed by atoms with van der Waals surface area (Å²) >= 11 is 0. The lowest BCUT2D eigenvalue weighted by atomic mass is 10.1. The Morgan fingerprint density at radius 2 is 2.21 bits per heavy atom. The molecule has 1 aromatic carbocycles. The molecule has 0 aliphatic rings. The van der Waals surface area contributed by atoms with Crippen LogP contribution in [0.4, 0.5) is 4.39 Å². The minimum Gasteiger partial charge on any atom is -0.466 e. The molecule has 2 rings (SSSR count). The number of carbonyl (C=O) groups excluding carboxylic acids is 1. The number of esters is 1. The molecule has 1 aromatic heterocycles. The normalized spacial score (nSPS) is 10.4. The fourth-order valence-electron chi connectivity index (χ4n) is 1.58. The van der Waals surface area contributed by atoms with Crippen LogP contribution in [0.25, 0.3) is 0 Å². The van der Waals surface area contributed by atoms with Crippen molar-refractivity contribution in [2.45, 2.75) is 19.8 Å². The molecular formula is C13H13FN2O3. The van der Waals surface area contributed by atoms with Crippen molar-refractivity contribution in [3.8, 4) is 0 Å². The Balaban J connectivity index is 2.02. The van der Waals surface area contributed by atoms with Gasteiger partial charge >= 0.3 is 5.97 Å². The van der Waals surface area contributed by atoms with Crippen molar-refractivity contribution in [1.82, 2.24) is 10.1 Å². The van der Waals surface area contributed by atoms with E-state index in [1.165, 1.54) is 6.07 Å². The smallest absolute Gasteiger partial charge is 0.315 e. The zero-order chi connectivity index (χ0) is 13.7. The second-order valence-corrected chi connectivity index (χ2v) is 3.85. The van der Waals surface area contributed by atoms with Gasteiger partial charge in [-0.2, -0.15) is 4.98 Å². The summed E-state index contributed by atoms with van der Waals surface area (Å²) in [6, 6.07) is 6.37. The Morgan fingerprint density at radius 1 is 1.42 bits per heavy atom. The van der Waals surface area contributed by atoms with Crippen LogP contribution in [0, 0.1) is 5.82 Å². The van der Waals surface area contributed by atoms with Crippen molar-refractivity contribution in [1.29, 1.82) is 0 Å². The average molecular weight is 264 g/mol. The number of benzene rings is 1. The van der Waals surface area contributed by atoms with Crippen molar-refractivity contribution < 1.29 is 18.4 Å². The van der Waals surface area contributed by atoms with E-state index in [9.17, 15) is 9.18 Å². The molecule has 5 nitrogen and oxygen atoms in total. The summed E-state index contributed by atoms with van der Waals surface area (Å²) < 4.78 is 23.1. The molecule has 0 radical (unpaired) electrons. The lowest BCUT2D eigenvalue weighted by molar-refractivity contribution is -0.142. The maximum Gasteiger partial charge on any atom is 0.315 e. The van der Waals surface area contributed by atoms with E-state index in [-0.39, 0.29) is 24.5 Å². The van der Waals surface area contributed by atoms with E-state index < -0.39 is 5.97 Å². The third-order valence-corrected chi connectivity index (χ3v) is 2.42. The maximum atomic E-state index is 13.4. The lowest BCUT2D eigenvalue weighted by Gasteiger charge is -1.98. The summed E-state index contributed by atoms with van der Waals surface area (Å²) in [6.07, 6.45) is 0.150.